The lowest BCUT2D eigenvalue weighted by Gasteiger charge is -2.08. The molecule has 0 fully saturated rings. The Morgan fingerprint density at radius 1 is 1.23 bits per heavy atom. The van der Waals surface area contributed by atoms with Crippen molar-refractivity contribution < 1.29 is 18.3 Å². The molecule has 0 saturated heterocycles. The summed E-state index contributed by atoms with van der Waals surface area (Å²) in [7, 11) is 1.60. The van der Waals surface area contributed by atoms with Crippen LogP contribution in [0, 0.1) is 0 Å². The van der Waals surface area contributed by atoms with Crippen LogP contribution in [0.15, 0.2) is 53.4 Å². The van der Waals surface area contributed by atoms with Crippen LogP contribution < -0.4 is 5.32 Å². The molecule has 1 N–H and O–H groups in total. The van der Waals surface area contributed by atoms with Gasteiger partial charge in [0.1, 0.15) is 0 Å². The number of ether oxygens (including phenoxy) is 1. The van der Waals surface area contributed by atoms with Gasteiger partial charge in [0, 0.05) is 23.3 Å². The maximum atomic E-state index is 12.2. The summed E-state index contributed by atoms with van der Waals surface area (Å²) in [4.78, 5) is 12.5. The standard InChI is InChI=1S/C16H15F2NO2S/c1-21-10-11-3-2-4-13(9-11)19-15(20)12-5-7-14(8-6-12)22-16(17)18/h2-9,16H,10H2,1H3,(H,19,20). The zero-order chi connectivity index (χ0) is 15.9. The van der Waals surface area contributed by atoms with E-state index in [4.69, 9.17) is 4.74 Å². The quantitative estimate of drug-likeness (QED) is 0.801. The average Bonchev–Trinajstić information content (AvgIpc) is 2.48. The van der Waals surface area contributed by atoms with Crippen LogP contribution in [0.1, 0.15) is 15.9 Å². The van der Waals surface area contributed by atoms with Crippen molar-refractivity contribution >= 4 is 23.4 Å². The number of rotatable bonds is 6. The van der Waals surface area contributed by atoms with E-state index in [1.165, 1.54) is 24.3 Å². The molecule has 2 aromatic rings. The summed E-state index contributed by atoms with van der Waals surface area (Å²) in [6, 6.07) is 13.4. The molecular weight excluding hydrogens is 308 g/mol. The third-order valence-corrected chi connectivity index (χ3v) is 3.56. The molecule has 2 rings (SSSR count). The van der Waals surface area contributed by atoms with Crippen LogP contribution in [0.25, 0.3) is 0 Å². The molecule has 0 spiro atoms. The van der Waals surface area contributed by atoms with Crippen molar-refractivity contribution in [1.82, 2.24) is 0 Å². The Morgan fingerprint density at radius 3 is 2.59 bits per heavy atom. The molecular formula is C16H15F2NO2S. The number of hydrogen-bond donors (Lipinski definition) is 1. The van der Waals surface area contributed by atoms with Crippen molar-refractivity contribution in [2.75, 3.05) is 12.4 Å². The average molecular weight is 323 g/mol. The summed E-state index contributed by atoms with van der Waals surface area (Å²) in [6.07, 6.45) is 0. The zero-order valence-corrected chi connectivity index (χ0v) is 12.7. The van der Waals surface area contributed by atoms with Gasteiger partial charge in [0.2, 0.25) is 0 Å². The van der Waals surface area contributed by atoms with Gasteiger partial charge in [0.05, 0.1) is 6.61 Å². The fraction of sp³-hybridized carbons (Fsp3) is 0.188. The molecule has 0 aliphatic heterocycles. The third kappa shape index (κ3) is 4.82. The minimum Gasteiger partial charge on any atom is -0.380 e. The molecule has 1 amide bonds. The molecule has 6 heteroatoms. The van der Waals surface area contributed by atoms with Gasteiger partial charge in [-0.2, -0.15) is 8.78 Å². The molecule has 0 atom stereocenters. The van der Waals surface area contributed by atoms with Gasteiger partial charge in [-0.15, -0.1) is 0 Å². The van der Waals surface area contributed by atoms with Crippen LogP contribution in [0.4, 0.5) is 14.5 Å². The van der Waals surface area contributed by atoms with Crippen molar-refractivity contribution in [3.63, 3.8) is 0 Å². The smallest absolute Gasteiger partial charge is 0.288 e. The van der Waals surface area contributed by atoms with E-state index in [2.05, 4.69) is 5.32 Å². The Hall–Kier alpha value is -1.92. The Kier molecular flexibility index (Phi) is 5.91. The van der Waals surface area contributed by atoms with Gasteiger partial charge in [-0.3, -0.25) is 4.79 Å². The van der Waals surface area contributed by atoms with Crippen molar-refractivity contribution in [3.8, 4) is 0 Å². The second-order valence-electron chi connectivity index (χ2n) is 4.49. The van der Waals surface area contributed by atoms with Crippen LogP contribution in [0.3, 0.4) is 0 Å². The van der Waals surface area contributed by atoms with Gasteiger partial charge in [-0.1, -0.05) is 23.9 Å². The largest absolute Gasteiger partial charge is 0.380 e. The van der Waals surface area contributed by atoms with E-state index in [1.807, 2.05) is 18.2 Å². The van der Waals surface area contributed by atoms with Gasteiger partial charge in [-0.25, -0.2) is 0 Å². The fourth-order valence-electron chi connectivity index (χ4n) is 1.90. The Balaban J connectivity index is 2.04. The van der Waals surface area contributed by atoms with Gasteiger partial charge in [0.25, 0.3) is 11.7 Å². The molecule has 0 aliphatic carbocycles. The lowest BCUT2D eigenvalue weighted by molar-refractivity contribution is 0.102. The van der Waals surface area contributed by atoms with Crippen LogP contribution in [0.5, 0.6) is 0 Å². The highest BCUT2D eigenvalue weighted by molar-refractivity contribution is 7.99. The molecule has 3 nitrogen and oxygen atoms in total. The highest BCUT2D eigenvalue weighted by Crippen LogP contribution is 2.25. The second-order valence-corrected chi connectivity index (χ2v) is 5.55. The summed E-state index contributed by atoms with van der Waals surface area (Å²) in [6.45, 7) is 0.462. The lowest BCUT2D eigenvalue weighted by atomic mass is 10.2. The Morgan fingerprint density at radius 2 is 1.95 bits per heavy atom. The first-order chi connectivity index (χ1) is 10.6. The lowest BCUT2D eigenvalue weighted by Crippen LogP contribution is -2.11. The summed E-state index contributed by atoms with van der Waals surface area (Å²) in [5.74, 6) is -2.76. The summed E-state index contributed by atoms with van der Waals surface area (Å²) >= 11 is 0.451. The molecule has 116 valence electrons. The summed E-state index contributed by atoms with van der Waals surface area (Å²) < 4.78 is 29.5. The van der Waals surface area contributed by atoms with Crippen LogP contribution in [-0.4, -0.2) is 18.8 Å². The van der Waals surface area contributed by atoms with Crippen LogP contribution in [0.2, 0.25) is 0 Å². The first kappa shape index (κ1) is 16.5. The number of amides is 1. The number of methoxy groups -OCH3 is 1. The number of carbonyl (C=O) groups excluding carboxylic acids is 1. The van der Waals surface area contributed by atoms with Crippen molar-refractivity contribution in [3.05, 3.63) is 59.7 Å². The van der Waals surface area contributed by atoms with E-state index in [0.29, 0.717) is 34.5 Å². The van der Waals surface area contributed by atoms with Gasteiger partial charge in [0.15, 0.2) is 0 Å². The monoisotopic (exact) mass is 323 g/mol. The Labute approximate surface area is 131 Å². The minimum absolute atomic E-state index is 0.289. The molecule has 0 saturated carbocycles. The van der Waals surface area contributed by atoms with Crippen LogP contribution in [-0.2, 0) is 11.3 Å². The molecule has 0 radical (unpaired) electrons. The van der Waals surface area contributed by atoms with Crippen molar-refractivity contribution in [2.24, 2.45) is 0 Å². The van der Waals surface area contributed by atoms with E-state index in [0.717, 1.165) is 5.56 Å². The molecule has 0 heterocycles. The molecule has 0 aliphatic rings. The number of benzene rings is 2. The van der Waals surface area contributed by atoms with Gasteiger partial charge in [-0.05, 0) is 42.0 Å². The minimum atomic E-state index is -2.47. The number of carbonyl (C=O) groups is 1. The predicted molar refractivity (Wildman–Crippen MR) is 83.4 cm³/mol. The molecule has 0 bridgehead atoms. The number of thioether (sulfide) groups is 1. The van der Waals surface area contributed by atoms with Crippen LogP contribution >= 0.6 is 11.8 Å². The number of alkyl halides is 2. The first-order valence-corrected chi connectivity index (χ1v) is 7.40. The number of anilines is 1. The second kappa shape index (κ2) is 7.91. The predicted octanol–water partition coefficient (Wildman–Crippen LogP) is 4.40. The fourth-order valence-corrected chi connectivity index (χ4v) is 2.40. The topological polar surface area (TPSA) is 38.3 Å². The number of nitrogens with one attached hydrogen (secondary N) is 1. The van der Waals surface area contributed by atoms with Gasteiger partial charge >= 0.3 is 0 Å². The maximum Gasteiger partial charge on any atom is 0.288 e. The van der Waals surface area contributed by atoms with E-state index in [-0.39, 0.29) is 5.91 Å². The third-order valence-electron chi connectivity index (χ3n) is 2.84. The summed E-state index contributed by atoms with van der Waals surface area (Å²) in [5.41, 5.74) is 2.02. The van der Waals surface area contributed by atoms with E-state index >= 15 is 0 Å². The van der Waals surface area contributed by atoms with E-state index < -0.39 is 5.76 Å². The van der Waals surface area contributed by atoms with E-state index in [1.54, 1.807) is 13.2 Å². The van der Waals surface area contributed by atoms with Gasteiger partial charge < -0.3 is 10.1 Å². The van der Waals surface area contributed by atoms with Crippen molar-refractivity contribution in [2.45, 2.75) is 17.3 Å². The SMILES string of the molecule is COCc1cccc(NC(=O)c2ccc(SC(F)F)cc2)c1. The number of halogens is 2. The first-order valence-electron chi connectivity index (χ1n) is 6.52. The zero-order valence-electron chi connectivity index (χ0n) is 11.9. The highest BCUT2D eigenvalue weighted by atomic mass is 32.2. The maximum absolute atomic E-state index is 12.2. The summed E-state index contributed by atoms with van der Waals surface area (Å²) in [5, 5.41) is 2.77. The Bertz CT molecular complexity index is 632. The van der Waals surface area contributed by atoms with Crippen molar-refractivity contribution in [1.29, 1.82) is 0 Å². The molecule has 22 heavy (non-hydrogen) atoms. The highest BCUT2D eigenvalue weighted by Gasteiger charge is 2.09. The molecule has 0 aromatic heterocycles. The molecule has 2 aromatic carbocycles. The normalized spacial score (nSPS) is 10.7. The van der Waals surface area contributed by atoms with E-state index in [9.17, 15) is 13.6 Å². The molecule has 0 unspecified atom stereocenters. The number of hydrogen-bond acceptors (Lipinski definition) is 3.